The number of likely N-dealkylation sites (N-methyl/N-ethyl adjacent to an activating group) is 1. The summed E-state index contributed by atoms with van der Waals surface area (Å²) >= 11 is 6.49. The first-order valence-corrected chi connectivity index (χ1v) is 9.95. The molecule has 0 fully saturated rings. The van der Waals surface area contributed by atoms with E-state index in [1.807, 2.05) is 36.0 Å². The van der Waals surface area contributed by atoms with Gasteiger partial charge in [-0.25, -0.2) is 4.99 Å². The maximum atomic E-state index is 6.49. The fourth-order valence-corrected chi connectivity index (χ4v) is 3.36. The second-order valence-electron chi connectivity index (χ2n) is 6.28. The van der Waals surface area contributed by atoms with Crippen molar-refractivity contribution in [3.63, 3.8) is 0 Å². The van der Waals surface area contributed by atoms with E-state index in [2.05, 4.69) is 47.5 Å². The van der Waals surface area contributed by atoms with Gasteiger partial charge in [0.05, 0.1) is 18.3 Å². The molecular weight excluding hydrogens is 487 g/mol. The van der Waals surface area contributed by atoms with Crippen LogP contribution in [-0.4, -0.2) is 46.8 Å². The molecule has 0 aliphatic heterocycles. The summed E-state index contributed by atoms with van der Waals surface area (Å²) in [6.07, 6.45) is 1.79. The number of guanidine groups is 1. The van der Waals surface area contributed by atoms with Gasteiger partial charge in [0, 0.05) is 31.4 Å². The minimum absolute atomic E-state index is 0. The molecule has 6 nitrogen and oxygen atoms in total. The van der Waals surface area contributed by atoms with E-state index in [4.69, 9.17) is 16.6 Å². The maximum absolute atomic E-state index is 6.49. The third-order valence-electron chi connectivity index (χ3n) is 4.65. The van der Waals surface area contributed by atoms with Gasteiger partial charge in [-0.2, -0.15) is 5.10 Å². The standard InChI is InChI=1S/C20H31ClN6.HI/c1-5-22-20(23-14-16-12-13-25-26(16)4)24-15-19(27(6-2)7-3)17-10-8-9-11-18(17)21;/h8-13,19H,5-7,14-15H2,1-4H3,(H2,22,23,24);1H. The summed E-state index contributed by atoms with van der Waals surface area (Å²) in [5.41, 5.74) is 2.21. The number of halogens is 2. The molecule has 0 bridgehead atoms. The van der Waals surface area contributed by atoms with Crippen molar-refractivity contribution in [2.24, 2.45) is 12.0 Å². The number of nitrogens with zero attached hydrogens (tertiary/aromatic N) is 4. The summed E-state index contributed by atoms with van der Waals surface area (Å²) in [6, 6.07) is 10.2. The molecule has 8 heteroatoms. The van der Waals surface area contributed by atoms with Crippen LogP contribution in [-0.2, 0) is 13.6 Å². The second-order valence-corrected chi connectivity index (χ2v) is 6.69. The highest BCUT2D eigenvalue weighted by atomic mass is 127. The first-order chi connectivity index (χ1) is 13.1. The maximum Gasteiger partial charge on any atom is 0.191 e. The molecule has 156 valence electrons. The van der Waals surface area contributed by atoms with E-state index in [0.29, 0.717) is 6.54 Å². The van der Waals surface area contributed by atoms with Crippen LogP contribution in [0, 0.1) is 0 Å². The summed E-state index contributed by atoms with van der Waals surface area (Å²) in [5.74, 6) is 0.794. The zero-order valence-electron chi connectivity index (χ0n) is 17.2. The van der Waals surface area contributed by atoms with E-state index in [1.54, 1.807) is 6.20 Å². The highest BCUT2D eigenvalue weighted by Crippen LogP contribution is 2.26. The summed E-state index contributed by atoms with van der Waals surface area (Å²) in [4.78, 5) is 7.10. The SMILES string of the molecule is CCNC(=NCc1ccnn1C)NCC(c1ccccc1Cl)N(CC)CC.I. The van der Waals surface area contributed by atoms with Crippen LogP contribution in [0.25, 0.3) is 0 Å². The number of hydrogen-bond acceptors (Lipinski definition) is 3. The molecule has 1 atom stereocenters. The smallest absolute Gasteiger partial charge is 0.191 e. The van der Waals surface area contributed by atoms with Crippen LogP contribution in [0.4, 0.5) is 0 Å². The summed E-state index contributed by atoms with van der Waals surface area (Å²) in [6.45, 7) is 10.4. The molecule has 0 saturated carbocycles. The Morgan fingerprint density at radius 3 is 2.46 bits per heavy atom. The Hall–Kier alpha value is -1.32. The van der Waals surface area contributed by atoms with E-state index in [9.17, 15) is 0 Å². The van der Waals surface area contributed by atoms with Gasteiger partial charge in [-0.3, -0.25) is 9.58 Å². The Morgan fingerprint density at radius 1 is 1.18 bits per heavy atom. The van der Waals surface area contributed by atoms with Gasteiger partial charge in [0.2, 0.25) is 0 Å². The number of aryl methyl sites for hydroxylation is 1. The third kappa shape index (κ3) is 6.93. The van der Waals surface area contributed by atoms with Crippen LogP contribution >= 0.6 is 35.6 Å². The lowest BCUT2D eigenvalue weighted by Crippen LogP contribution is -2.43. The minimum atomic E-state index is 0. The predicted octanol–water partition coefficient (Wildman–Crippen LogP) is 3.83. The molecule has 0 aliphatic rings. The van der Waals surface area contributed by atoms with Gasteiger partial charge in [-0.1, -0.05) is 43.6 Å². The van der Waals surface area contributed by atoms with Gasteiger partial charge in [0.1, 0.15) is 0 Å². The molecule has 0 aliphatic carbocycles. The fourth-order valence-electron chi connectivity index (χ4n) is 3.10. The summed E-state index contributed by atoms with van der Waals surface area (Å²) < 4.78 is 1.84. The van der Waals surface area contributed by atoms with Crippen LogP contribution < -0.4 is 10.6 Å². The molecule has 1 aromatic carbocycles. The molecule has 1 unspecified atom stereocenters. The Bertz CT molecular complexity index is 729. The fraction of sp³-hybridized carbons (Fsp3) is 0.500. The lowest BCUT2D eigenvalue weighted by Gasteiger charge is -2.31. The Morgan fingerprint density at radius 2 is 1.89 bits per heavy atom. The van der Waals surface area contributed by atoms with E-state index in [1.165, 1.54) is 0 Å². The van der Waals surface area contributed by atoms with Crippen molar-refractivity contribution >= 4 is 41.5 Å². The number of aliphatic imine (C=N–C) groups is 1. The molecule has 1 heterocycles. The molecule has 2 rings (SSSR count). The van der Waals surface area contributed by atoms with E-state index >= 15 is 0 Å². The van der Waals surface area contributed by atoms with Gasteiger partial charge in [0.25, 0.3) is 0 Å². The van der Waals surface area contributed by atoms with Crippen LogP contribution in [0.2, 0.25) is 5.02 Å². The van der Waals surface area contributed by atoms with Crippen LogP contribution in [0.15, 0.2) is 41.5 Å². The quantitative estimate of drug-likeness (QED) is 0.301. The average molecular weight is 519 g/mol. The topological polar surface area (TPSA) is 57.5 Å². The van der Waals surface area contributed by atoms with Crippen LogP contribution in [0.3, 0.4) is 0 Å². The third-order valence-corrected chi connectivity index (χ3v) is 4.99. The van der Waals surface area contributed by atoms with E-state index < -0.39 is 0 Å². The van der Waals surface area contributed by atoms with Gasteiger partial charge >= 0.3 is 0 Å². The van der Waals surface area contributed by atoms with Crippen molar-refractivity contribution in [3.8, 4) is 0 Å². The molecule has 2 N–H and O–H groups in total. The molecule has 0 radical (unpaired) electrons. The van der Waals surface area contributed by atoms with Crippen molar-refractivity contribution in [2.45, 2.75) is 33.4 Å². The molecule has 1 aromatic heterocycles. The first kappa shape index (κ1) is 24.7. The lowest BCUT2D eigenvalue weighted by molar-refractivity contribution is 0.219. The number of aromatic nitrogens is 2. The normalized spacial score (nSPS) is 12.6. The highest BCUT2D eigenvalue weighted by molar-refractivity contribution is 14.0. The van der Waals surface area contributed by atoms with Gasteiger partial charge in [0.15, 0.2) is 5.96 Å². The Kier molecular flexibility index (Phi) is 11.5. The number of benzene rings is 1. The summed E-state index contributed by atoms with van der Waals surface area (Å²) in [7, 11) is 1.93. The van der Waals surface area contributed by atoms with Crippen molar-refractivity contribution in [3.05, 3.63) is 52.8 Å². The molecule has 0 amide bonds. The minimum Gasteiger partial charge on any atom is -0.357 e. The second kappa shape index (κ2) is 13.0. The summed E-state index contributed by atoms with van der Waals surface area (Å²) in [5, 5.41) is 11.8. The number of nitrogens with one attached hydrogen (secondary N) is 2. The van der Waals surface area contributed by atoms with E-state index in [0.717, 1.165) is 48.4 Å². The van der Waals surface area contributed by atoms with Crippen molar-refractivity contribution < 1.29 is 0 Å². The van der Waals surface area contributed by atoms with Gasteiger partial charge in [-0.15, -0.1) is 24.0 Å². The van der Waals surface area contributed by atoms with Crippen LogP contribution in [0.5, 0.6) is 0 Å². The van der Waals surface area contributed by atoms with Crippen molar-refractivity contribution in [1.29, 1.82) is 0 Å². The first-order valence-electron chi connectivity index (χ1n) is 9.58. The average Bonchev–Trinajstić information content (AvgIpc) is 3.08. The molecule has 28 heavy (non-hydrogen) atoms. The predicted molar refractivity (Wildman–Crippen MR) is 129 cm³/mol. The number of rotatable bonds is 9. The lowest BCUT2D eigenvalue weighted by atomic mass is 10.0. The molecular formula is C20H32ClIN6. The Labute approximate surface area is 190 Å². The van der Waals surface area contributed by atoms with Crippen LogP contribution in [0.1, 0.15) is 38.1 Å². The molecule has 0 spiro atoms. The highest BCUT2D eigenvalue weighted by Gasteiger charge is 2.20. The monoisotopic (exact) mass is 518 g/mol. The largest absolute Gasteiger partial charge is 0.357 e. The molecule has 2 aromatic rings. The van der Waals surface area contributed by atoms with Gasteiger partial charge < -0.3 is 10.6 Å². The van der Waals surface area contributed by atoms with Crippen molar-refractivity contribution in [1.82, 2.24) is 25.3 Å². The Balaban J connectivity index is 0.00000392. The zero-order valence-corrected chi connectivity index (χ0v) is 20.2. The number of hydrogen-bond donors (Lipinski definition) is 2. The van der Waals surface area contributed by atoms with E-state index in [-0.39, 0.29) is 30.0 Å². The van der Waals surface area contributed by atoms with Gasteiger partial charge in [-0.05, 0) is 37.7 Å². The molecule has 0 saturated heterocycles. The van der Waals surface area contributed by atoms with Crippen molar-refractivity contribution in [2.75, 3.05) is 26.2 Å². The zero-order chi connectivity index (χ0) is 19.6.